The second-order valence-electron chi connectivity index (χ2n) is 5.47. The maximum Gasteiger partial charge on any atom is 0.283 e. The molecule has 0 aromatic carbocycles. The maximum absolute atomic E-state index is 12.9. The van der Waals surface area contributed by atoms with Gasteiger partial charge < -0.3 is 5.73 Å². The van der Waals surface area contributed by atoms with Gasteiger partial charge in [0.1, 0.15) is 5.37 Å². The second kappa shape index (κ2) is 6.71. The van der Waals surface area contributed by atoms with E-state index in [0.29, 0.717) is 18.1 Å². The van der Waals surface area contributed by atoms with Crippen LogP contribution in [0.15, 0.2) is 0 Å². The van der Waals surface area contributed by atoms with Gasteiger partial charge in [0.25, 0.3) is 10.2 Å². The molecule has 0 radical (unpaired) electrons. The monoisotopic (exact) mass is 357 g/mol. The van der Waals surface area contributed by atoms with Crippen molar-refractivity contribution in [2.24, 2.45) is 5.73 Å². The Morgan fingerprint density at radius 2 is 1.86 bits per heavy atom. The molecule has 2 N–H and O–H groups in total. The second-order valence-corrected chi connectivity index (χ2v) is 10.7. The fourth-order valence-corrected chi connectivity index (χ4v) is 8.40. The molecular weight excluding hydrogens is 334 g/mol. The van der Waals surface area contributed by atoms with Gasteiger partial charge in [0, 0.05) is 43.4 Å². The Morgan fingerprint density at radius 1 is 1.14 bits per heavy atom. The van der Waals surface area contributed by atoms with Crippen molar-refractivity contribution in [3.8, 4) is 0 Å². The first-order valence-electron chi connectivity index (χ1n) is 7.03. The van der Waals surface area contributed by atoms with E-state index in [-0.39, 0.29) is 19.1 Å². The molecule has 2 unspecified atom stereocenters. The van der Waals surface area contributed by atoms with Crippen molar-refractivity contribution in [1.82, 2.24) is 8.61 Å². The van der Waals surface area contributed by atoms with Gasteiger partial charge in [-0.1, -0.05) is 6.42 Å². The lowest BCUT2D eigenvalue weighted by atomic mass is 10.1. The summed E-state index contributed by atoms with van der Waals surface area (Å²) in [6, 6.07) is -0.224. The predicted octanol–water partition coefficient (Wildman–Crippen LogP) is -0.536. The van der Waals surface area contributed by atoms with Crippen molar-refractivity contribution in [2.45, 2.75) is 30.7 Å². The van der Waals surface area contributed by atoms with Gasteiger partial charge in [0.2, 0.25) is 0 Å². The highest BCUT2D eigenvalue weighted by atomic mass is 32.2. The van der Waals surface area contributed by atoms with Crippen LogP contribution in [-0.2, 0) is 20.0 Å². The predicted molar refractivity (Wildman–Crippen MR) is 85.0 cm³/mol. The van der Waals surface area contributed by atoms with Gasteiger partial charge in [-0.2, -0.15) is 28.8 Å². The van der Waals surface area contributed by atoms with E-state index >= 15 is 0 Å². The molecule has 0 aromatic heterocycles. The summed E-state index contributed by atoms with van der Waals surface area (Å²) < 4.78 is 52.2. The molecule has 7 nitrogen and oxygen atoms in total. The summed E-state index contributed by atoms with van der Waals surface area (Å²) in [5.74, 6) is 0.908. The van der Waals surface area contributed by atoms with E-state index in [9.17, 15) is 16.8 Å². The number of sulfone groups is 1. The number of piperidine rings is 1. The fraction of sp³-hybridized carbons (Fsp3) is 1.00. The van der Waals surface area contributed by atoms with Crippen molar-refractivity contribution in [2.75, 3.05) is 37.4 Å². The van der Waals surface area contributed by atoms with Crippen LogP contribution in [0, 0.1) is 0 Å². The van der Waals surface area contributed by atoms with Gasteiger partial charge in [-0.3, -0.25) is 0 Å². The molecular formula is C11H23N3O4S3. The van der Waals surface area contributed by atoms with Crippen LogP contribution < -0.4 is 5.73 Å². The molecule has 2 heterocycles. The molecule has 2 aliphatic rings. The highest BCUT2D eigenvalue weighted by molar-refractivity contribution is 8.01. The molecule has 2 aliphatic heterocycles. The summed E-state index contributed by atoms with van der Waals surface area (Å²) in [4.78, 5) is 0. The minimum absolute atomic E-state index is 0.224. The van der Waals surface area contributed by atoms with Crippen molar-refractivity contribution >= 4 is 31.8 Å². The maximum atomic E-state index is 12.9. The quantitative estimate of drug-likeness (QED) is 0.725. The molecule has 0 aromatic rings. The van der Waals surface area contributed by atoms with Gasteiger partial charge in [0.05, 0.1) is 0 Å². The number of nitrogens with two attached hydrogens (primary N) is 1. The van der Waals surface area contributed by atoms with Crippen LogP contribution in [0.2, 0.25) is 0 Å². The third-order valence-corrected chi connectivity index (χ3v) is 8.85. The third-order valence-electron chi connectivity index (χ3n) is 3.97. The van der Waals surface area contributed by atoms with Crippen molar-refractivity contribution < 1.29 is 16.8 Å². The zero-order chi connectivity index (χ0) is 15.7. The van der Waals surface area contributed by atoms with Gasteiger partial charge >= 0.3 is 0 Å². The fourth-order valence-electron chi connectivity index (χ4n) is 2.81. The van der Waals surface area contributed by atoms with Crippen LogP contribution in [0.4, 0.5) is 0 Å². The lowest BCUT2D eigenvalue weighted by Gasteiger charge is -2.41. The molecule has 0 bridgehead atoms. The first kappa shape index (κ1) is 17.5. The van der Waals surface area contributed by atoms with Crippen LogP contribution in [-0.4, -0.2) is 74.3 Å². The van der Waals surface area contributed by atoms with Crippen LogP contribution in [0.25, 0.3) is 0 Å². The number of hydrogen-bond donors (Lipinski definition) is 1. The molecule has 2 fully saturated rings. The Kier molecular flexibility index (Phi) is 5.59. The van der Waals surface area contributed by atoms with E-state index in [1.165, 1.54) is 16.1 Å². The summed E-state index contributed by atoms with van der Waals surface area (Å²) in [7, 11) is -7.24. The van der Waals surface area contributed by atoms with E-state index in [4.69, 9.17) is 5.73 Å². The molecule has 21 heavy (non-hydrogen) atoms. The third kappa shape index (κ3) is 3.73. The molecule has 2 atom stereocenters. The summed E-state index contributed by atoms with van der Waals surface area (Å²) >= 11 is 1.47. The highest BCUT2D eigenvalue weighted by Gasteiger charge is 2.43. The number of thioether (sulfide) groups is 1. The molecule has 10 heteroatoms. The molecule has 0 amide bonds. The SMILES string of the molecule is CS(=O)(=O)C1CSCCN1S(=O)(=O)N1CCCCC1CN. The molecule has 2 saturated heterocycles. The normalized spacial score (nSPS) is 30.4. The van der Waals surface area contributed by atoms with E-state index in [1.54, 1.807) is 0 Å². The smallest absolute Gasteiger partial charge is 0.283 e. The van der Waals surface area contributed by atoms with Crippen LogP contribution in [0.5, 0.6) is 0 Å². The minimum Gasteiger partial charge on any atom is -0.329 e. The Labute approximate surface area is 131 Å². The van der Waals surface area contributed by atoms with Gasteiger partial charge in [-0.25, -0.2) is 8.42 Å². The van der Waals surface area contributed by atoms with Crippen LogP contribution >= 0.6 is 11.8 Å². The first-order valence-corrected chi connectivity index (χ1v) is 11.5. The van der Waals surface area contributed by atoms with E-state index in [1.807, 2.05) is 0 Å². The first-order chi connectivity index (χ1) is 9.78. The Hall–Kier alpha value is 0.130. The van der Waals surface area contributed by atoms with Crippen LogP contribution in [0.3, 0.4) is 0 Å². The Morgan fingerprint density at radius 3 is 2.48 bits per heavy atom. The van der Waals surface area contributed by atoms with Crippen LogP contribution in [0.1, 0.15) is 19.3 Å². The molecule has 0 aliphatic carbocycles. The van der Waals surface area contributed by atoms with E-state index in [2.05, 4.69) is 0 Å². The molecule has 124 valence electrons. The minimum atomic E-state index is -3.78. The van der Waals surface area contributed by atoms with Crippen molar-refractivity contribution in [1.29, 1.82) is 0 Å². The average molecular weight is 358 g/mol. The topological polar surface area (TPSA) is 101 Å². The highest BCUT2D eigenvalue weighted by Crippen LogP contribution is 2.28. The summed E-state index contributed by atoms with van der Waals surface area (Å²) in [6.07, 6.45) is 3.59. The van der Waals surface area contributed by atoms with Crippen molar-refractivity contribution in [3.63, 3.8) is 0 Å². The van der Waals surface area contributed by atoms with E-state index < -0.39 is 25.4 Å². The lowest BCUT2D eigenvalue weighted by Crippen LogP contribution is -2.58. The number of rotatable bonds is 4. The Bertz CT molecular complexity index is 563. The lowest BCUT2D eigenvalue weighted by molar-refractivity contribution is 0.234. The van der Waals surface area contributed by atoms with E-state index in [0.717, 1.165) is 29.8 Å². The van der Waals surface area contributed by atoms with Gasteiger partial charge in [-0.05, 0) is 12.8 Å². The van der Waals surface area contributed by atoms with Gasteiger partial charge in [-0.15, -0.1) is 0 Å². The molecule has 0 saturated carbocycles. The standard InChI is InChI=1S/C11H23N3O4S3/c1-20(15,16)11-9-19-7-6-14(11)21(17,18)13-5-3-2-4-10(13)8-12/h10-11H,2-9,12H2,1H3. The summed E-state index contributed by atoms with van der Waals surface area (Å²) in [5, 5.41) is -0.971. The molecule has 2 rings (SSSR count). The van der Waals surface area contributed by atoms with Crippen molar-refractivity contribution in [3.05, 3.63) is 0 Å². The average Bonchev–Trinajstić information content (AvgIpc) is 2.46. The molecule has 0 spiro atoms. The number of hydrogen-bond acceptors (Lipinski definition) is 6. The summed E-state index contributed by atoms with van der Waals surface area (Å²) in [6.45, 7) is 0.925. The zero-order valence-electron chi connectivity index (χ0n) is 12.1. The van der Waals surface area contributed by atoms with Gasteiger partial charge in [0.15, 0.2) is 9.84 Å². The Balaban J connectivity index is 2.31. The zero-order valence-corrected chi connectivity index (χ0v) is 14.6. The number of nitrogens with zero attached hydrogens (tertiary/aromatic N) is 2. The largest absolute Gasteiger partial charge is 0.329 e. The summed E-state index contributed by atoms with van der Waals surface area (Å²) in [5.41, 5.74) is 5.69.